The van der Waals surface area contributed by atoms with E-state index in [2.05, 4.69) is 4.74 Å². The Kier molecular flexibility index (Phi) is 2.82. The third-order valence-corrected chi connectivity index (χ3v) is 4.41. The van der Waals surface area contributed by atoms with E-state index < -0.39 is 23.0 Å². The first-order valence-electron chi connectivity index (χ1n) is 5.78. The van der Waals surface area contributed by atoms with Crippen LogP contribution in [0.15, 0.2) is 22.0 Å². The molecule has 0 spiro atoms. The molecule has 1 aromatic carbocycles. The van der Waals surface area contributed by atoms with Gasteiger partial charge in [0.05, 0.1) is 23.0 Å². The van der Waals surface area contributed by atoms with Gasteiger partial charge in [-0.05, 0) is 13.0 Å². The van der Waals surface area contributed by atoms with Crippen LogP contribution in [0.25, 0.3) is 10.9 Å². The normalized spacial score (nSPS) is 16.7. The summed E-state index contributed by atoms with van der Waals surface area (Å²) in [6.45, 7) is 1.84. The summed E-state index contributed by atoms with van der Waals surface area (Å²) in [4.78, 5) is 24.0. The van der Waals surface area contributed by atoms with E-state index in [0.717, 1.165) is 12.1 Å². The zero-order valence-corrected chi connectivity index (χ0v) is 11.4. The number of esters is 1. The minimum absolute atomic E-state index is 0.0276. The van der Waals surface area contributed by atoms with Crippen molar-refractivity contribution in [2.24, 2.45) is 0 Å². The van der Waals surface area contributed by atoms with Crippen LogP contribution >= 0.6 is 11.8 Å². The highest BCUT2D eigenvalue weighted by molar-refractivity contribution is 8.00. The first-order chi connectivity index (χ1) is 9.45. The van der Waals surface area contributed by atoms with Gasteiger partial charge >= 0.3 is 5.97 Å². The number of carbonyl (C=O) groups is 1. The molecule has 104 valence electrons. The number of carbonyl (C=O) groups excluding carboxylic acids is 1. The highest BCUT2D eigenvalue weighted by Gasteiger charge is 2.33. The molecule has 1 aliphatic rings. The molecule has 4 nitrogen and oxygen atoms in total. The second kappa shape index (κ2) is 4.31. The van der Waals surface area contributed by atoms with Gasteiger partial charge in [-0.2, -0.15) is 0 Å². The Morgan fingerprint density at radius 3 is 2.60 bits per heavy atom. The van der Waals surface area contributed by atoms with Crippen molar-refractivity contribution in [3.63, 3.8) is 0 Å². The average molecular weight is 297 g/mol. The maximum absolute atomic E-state index is 13.4. The SMILES string of the molecule is COC(=O)c1c2n(c3cc(F)c(F)cc3c1=O)C(C)S2. The lowest BCUT2D eigenvalue weighted by molar-refractivity contribution is 0.0593. The van der Waals surface area contributed by atoms with E-state index in [1.807, 2.05) is 6.92 Å². The number of benzene rings is 1. The Bertz CT molecular complexity index is 816. The van der Waals surface area contributed by atoms with E-state index in [4.69, 9.17) is 0 Å². The van der Waals surface area contributed by atoms with Crippen molar-refractivity contribution in [3.8, 4) is 0 Å². The number of pyridine rings is 1. The molecule has 0 saturated carbocycles. The van der Waals surface area contributed by atoms with E-state index in [0.29, 0.717) is 5.03 Å². The van der Waals surface area contributed by atoms with Crippen LogP contribution in [0.3, 0.4) is 0 Å². The predicted molar refractivity (Wildman–Crippen MR) is 70.0 cm³/mol. The first-order valence-corrected chi connectivity index (χ1v) is 6.66. The third kappa shape index (κ3) is 1.59. The van der Waals surface area contributed by atoms with Gasteiger partial charge in [-0.3, -0.25) is 4.79 Å². The number of methoxy groups -OCH3 is 1. The lowest BCUT2D eigenvalue weighted by Gasteiger charge is -2.32. The molecule has 0 N–H and O–H groups in total. The predicted octanol–water partition coefficient (Wildman–Crippen LogP) is 2.69. The molecule has 0 amide bonds. The standard InChI is InChI=1S/C13H9F2NO3S/c1-5-16-9-4-8(15)7(14)3-6(9)11(17)10(12(16)20-5)13(18)19-2/h3-5H,1-2H3. The number of rotatable bonds is 1. The number of fused-ring (bicyclic) bond motifs is 3. The molecule has 0 fully saturated rings. The van der Waals surface area contributed by atoms with Crippen LogP contribution < -0.4 is 5.43 Å². The quantitative estimate of drug-likeness (QED) is 0.759. The van der Waals surface area contributed by atoms with Crippen LogP contribution in [0.5, 0.6) is 0 Å². The van der Waals surface area contributed by atoms with Crippen molar-refractivity contribution in [2.75, 3.05) is 7.11 Å². The first kappa shape index (κ1) is 13.1. The van der Waals surface area contributed by atoms with E-state index in [1.54, 1.807) is 4.57 Å². The molecule has 2 aromatic rings. The fourth-order valence-corrected chi connectivity index (χ4v) is 3.45. The third-order valence-electron chi connectivity index (χ3n) is 3.24. The summed E-state index contributed by atoms with van der Waals surface area (Å²) >= 11 is 1.31. The number of aromatic nitrogens is 1. The van der Waals surface area contributed by atoms with E-state index in [-0.39, 0.29) is 21.8 Å². The number of hydrogen-bond donors (Lipinski definition) is 0. The van der Waals surface area contributed by atoms with Crippen LogP contribution in [0.1, 0.15) is 22.7 Å². The minimum atomic E-state index is -1.12. The molecule has 1 atom stereocenters. The summed E-state index contributed by atoms with van der Waals surface area (Å²) in [6, 6.07) is 1.80. The molecule has 2 heterocycles. The van der Waals surface area contributed by atoms with Gasteiger partial charge in [-0.1, -0.05) is 11.8 Å². The lowest BCUT2D eigenvalue weighted by atomic mass is 10.1. The molecular formula is C13H9F2NO3S. The molecule has 0 aliphatic carbocycles. The van der Waals surface area contributed by atoms with Crippen molar-refractivity contribution >= 4 is 28.6 Å². The summed E-state index contributed by atoms with van der Waals surface area (Å²) in [5.41, 5.74) is -0.492. The van der Waals surface area contributed by atoms with Gasteiger partial charge in [-0.15, -0.1) is 0 Å². The van der Waals surface area contributed by atoms with Crippen molar-refractivity contribution in [3.05, 3.63) is 39.6 Å². The molecule has 0 bridgehead atoms. The van der Waals surface area contributed by atoms with Crippen LogP contribution in [0.4, 0.5) is 8.78 Å². The van der Waals surface area contributed by atoms with E-state index in [9.17, 15) is 18.4 Å². The second-order valence-electron chi connectivity index (χ2n) is 4.37. The van der Waals surface area contributed by atoms with Gasteiger partial charge in [0.25, 0.3) is 0 Å². The molecule has 0 radical (unpaired) electrons. The van der Waals surface area contributed by atoms with Crippen molar-refractivity contribution in [1.82, 2.24) is 4.57 Å². The van der Waals surface area contributed by atoms with Gasteiger partial charge in [0.15, 0.2) is 11.6 Å². The number of hydrogen-bond acceptors (Lipinski definition) is 4. The smallest absolute Gasteiger partial charge is 0.344 e. The fraction of sp³-hybridized carbons (Fsp3) is 0.231. The van der Waals surface area contributed by atoms with Gasteiger partial charge in [0.2, 0.25) is 5.43 Å². The average Bonchev–Trinajstić information content (AvgIpc) is 2.40. The number of nitrogens with zero attached hydrogens (tertiary/aromatic N) is 1. The van der Waals surface area contributed by atoms with Crippen LogP contribution in [0, 0.1) is 11.6 Å². The Balaban J connectivity index is 2.48. The minimum Gasteiger partial charge on any atom is -0.465 e. The second-order valence-corrected chi connectivity index (χ2v) is 5.68. The van der Waals surface area contributed by atoms with Crippen LogP contribution in [-0.2, 0) is 4.74 Å². The lowest BCUT2D eigenvalue weighted by Crippen LogP contribution is -2.28. The van der Waals surface area contributed by atoms with Crippen LogP contribution in [0.2, 0.25) is 0 Å². The van der Waals surface area contributed by atoms with Gasteiger partial charge in [0.1, 0.15) is 5.56 Å². The van der Waals surface area contributed by atoms with Crippen LogP contribution in [-0.4, -0.2) is 17.6 Å². The zero-order valence-electron chi connectivity index (χ0n) is 10.6. The Labute approximate surface area is 116 Å². The number of thioether (sulfide) groups is 1. The monoisotopic (exact) mass is 297 g/mol. The molecular weight excluding hydrogens is 288 g/mol. The van der Waals surface area contributed by atoms with Gasteiger partial charge in [-0.25, -0.2) is 13.6 Å². The molecule has 0 saturated heterocycles. The highest BCUT2D eigenvalue weighted by atomic mass is 32.2. The van der Waals surface area contributed by atoms with Gasteiger partial charge in [0, 0.05) is 11.5 Å². The summed E-state index contributed by atoms with van der Waals surface area (Å²) in [5, 5.41) is 0.328. The molecule has 3 rings (SSSR count). The number of ether oxygens (including phenoxy) is 1. The molecule has 1 unspecified atom stereocenters. The highest BCUT2D eigenvalue weighted by Crippen LogP contribution is 2.46. The largest absolute Gasteiger partial charge is 0.465 e. The molecule has 7 heteroatoms. The van der Waals surface area contributed by atoms with Crippen molar-refractivity contribution in [1.29, 1.82) is 0 Å². The maximum atomic E-state index is 13.4. The maximum Gasteiger partial charge on any atom is 0.344 e. The fourth-order valence-electron chi connectivity index (χ4n) is 2.30. The molecule has 1 aliphatic heterocycles. The summed E-state index contributed by atoms with van der Waals surface area (Å²) in [7, 11) is 1.17. The molecule has 1 aromatic heterocycles. The van der Waals surface area contributed by atoms with Crippen molar-refractivity contribution in [2.45, 2.75) is 17.3 Å². The summed E-state index contributed by atoms with van der Waals surface area (Å²) < 4.78 is 33.0. The van der Waals surface area contributed by atoms with Gasteiger partial charge < -0.3 is 9.30 Å². The van der Waals surface area contributed by atoms with E-state index >= 15 is 0 Å². The Hall–Kier alpha value is -1.89. The Morgan fingerprint density at radius 1 is 1.35 bits per heavy atom. The van der Waals surface area contributed by atoms with E-state index in [1.165, 1.54) is 18.9 Å². The topological polar surface area (TPSA) is 48.3 Å². The zero-order chi connectivity index (χ0) is 14.6. The number of halogens is 2. The summed E-state index contributed by atoms with van der Waals surface area (Å²) in [6.07, 6.45) is 0. The molecule has 20 heavy (non-hydrogen) atoms. The Morgan fingerprint density at radius 2 is 2.00 bits per heavy atom. The van der Waals surface area contributed by atoms with Crippen molar-refractivity contribution < 1.29 is 18.3 Å². The summed E-state index contributed by atoms with van der Waals surface area (Å²) in [5.74, 6) is -2.92.